The summed E-state index contributed by atoms with van der Waals surface area (Å²) in [5.74, 6) is 0.116. The van der Waals surface area contributed by atoms with Gasteiger partial charge < -0.3 is 15.4 Å². The van der Waals surface area contributed by atoms with E-state index >= 15 is 0 Å². The molecule has 4 heteroatoms. The van der Waals surface area contributed by atoms with Gasteiger partial charge in [-0.1, -0.05) is 31.2 Å². The Hall–Kier alpha value is -1.39. The summed E-state index contributed by atoms with van der Waals surface area (Å²) < 4.78 is 5.30. The van der Waals surface area contributed by atoms with Gasteiger partial charge >= 0.3 is 0 Å². The number of hydrogen-bond donors (Lipinski definition) is 2. The van der Waals surface area contributed by atoms with Crippen LogP contribution >= 0.6 is 0 Å². The smallest absolute Gasteiger partial charge is 0.228 e. The number of carbonyl (C=O) groups is 1. The van der Waals surface area contributed by atoms with Gasteiger partial charge in [-0.15, -0.1) is 0 Å². The molecule has 1 amide bonds. The zero-order valence-corrected chi connectivity index (χ0v) is 13.1. The van der Waals surface area contributed by atoms with Crippen LogP contribution in [0.25, 0.3) is 0 Å². The Labute approximate surface area is 127 Å². The first-order chi connectivity index (χ1) is 10.2. The van der Waals surface area contributed by atoms with Gasteiger partial charge in [-0.2, -0.15) is 0 Å². The minimum atomic E-state index is -0.372. The molecule has 0 spiro atoms. The Morgan fingerprint density at radius 3 is 2.43 bits per heavy atom. The number of nitrogens with one attached hydrogen (secondary N) is 2. The fourth-order valence-electron chi connectivity index (χ4n) is 2.88. The molecule has 0 saturated carbocycles. The Morgan fingerprint density at radius 2 is 1.86 bits per heavy atom. The predicted octanol–water partition coefficient (Wildman–Crippen LogP) is 1.88. The maximum Gasteiger partial charge on any atom is 0.228 e. The predicted molar refractivity (Wildman–Crippen MR) is 84.1 cm³/mol. The van der Waals surface area contributed by atoms with Crippen LogP contribution in [0.15, 0.2) is 24.3 Å². The standard InChI is InChI=1S/C17H26N2O2/c1-3-14-4-6-15(7-5-14)12-19-16(20)17(13-21-2)8-10-18-11-9-17/h4-7,18H,3,8-13H2,1-2H3,(H,19,20). The lowest BCUT2D eigenvalue weighted by Gasteiger charge is -2.35. The number of aryl methyl sites for hydroxylation is 1. The molecule has 4 nitrogen and oxygen atoms in total. The van der Waals surface area contributed by atoms with E-state index in [0.29, 0.717) is 13.2 Å². The molecule has 1 saturated heterocycles. The molecule has 2 N–H and O–H groups in total. The molecular formula is C17H26N2O2. The molecule has 116 valence electrons. The van der Waals surface area contributed by atoms with Crippen LogP contribution in [-0.2, 0) is 22.5 Å². The van der Waals surface area contributed by atoms with E-state index in [1.807, 2.05) is 0 Å². The van der Waals surface area contributed by atoms with Crippen LogP contribution in [-0.4, -0.2) is 32.7 Å². The molecule has 0 aliphatic carbocycles. The van der Waals surface area contributed by atoms with Gasteiger partial charge in [0, 0.05) is 13.7 Å². The van der Waals surface area contributed by atoms with Crippen LogP contribution < -0.4 is 10.6 Å². The molecule has 1 fully saturated rings. The quantitative estimate of drug-likeness (QED) is 0.841. The first-order valence-electron chi connectivity index (χ1n) is 7.76. The summed E-state index contributed by atoms with van der Waals surface area (Å²) >= 11 is 0. The molecule has 21 heavy (non-hydrogen) atoms. The van der Waals surface area contributed by atoms with Crippen molar-refractivity contribution in [1.29, 1.82) is 0 Å². The van der Waals surface area contributed by atoms with Crippen LogP contribution in [0.3, 0.4) is 0 Å². The molecule has 2 rings (SSSR count). The summed E-state index contributed by atoms with van der Waals surface area (Å²) in [5, 5.41) is 6.39. The third kappa shape index (κ3) is 4.05. The molecule has 0 unspecified atom stereocenters. The normalized spacial score (nSPS) is 17.4. The second-order valence-electron chi connectivity index (χ2n) is 5.82. The van der Waals surface area contributed by atoms with Crippen LogP contribution in [0.1, 0.15) is 30.9 Å². The molecule has 0 atom stereocenters. The van der Waals surface area contributed by atoms with Crippen molar-refractivity contribution in [3.63, 3.8) is 0 Å². The zero-order chi connectivity index (χ0) is 15.1. The highest BCUT2D eigenvalue weighted by Crippen LogP contribution is 2.29. The van der Waals surface area contributed by atoms with E-state index in [1.165, 1.54) is 5.56 Å². The maximum absolute atomic E-state index is 12.6. The Balaban J connectivity index is 1.94. The van der Waals surface area contributed by atoms with Gasteiger partial charge in [-0.05, 0) is 43.5 Å². The van der Waals surface area contributed by atoms with E-state index < -0.39 is 0 Å². The number of amides is 1. The average Bonchev–Trinajstić information content (AvgIpc) is 2.54. The lowest BCUT2D eigenvalue weighted by Crippen LogP contribution is -2.49. The Kier molecular flexibility index (Phi) is 5.76. The molecule has 0 radical (unpaired) electrons. The van der Waals surface area contributed by atoms with E-state index in [4.69, 9.17) is 4.74 Å². The lowest BCUT2D eigenvalue weighted by atomic mass is 9.78. The third-order valence-corrected chi connectivity index (χ3v) is 4.35. The SMILES string of the molecule is CCc1ccc(CNC(=O)C2(COC)CCNCC2)cc1. The van der Waals surface area contributed by atoms with Crippen molar-refractivity contribution >= 4 is 5.91 Å². The Morgan fingerprint density at radius 1 is 1.24 bits per heavy atom. The largest absolute Gasteiger partial charge is 0.384 e. The molecular weight excluding hydrogens is 264 g/mol. The summed E-state index contributed by atoms with van der Waals surface area (Å²) in [6.45, 7) is 4.98. The summed E-state index contributed by atoms with van der Waals surface area (Å²) in [7, 11) is 1.67. The molecule has 0 bridgehead atoms. The third-order valence-electron chi connectivity index (χ3n) is 4.35. The van der Waals surface area contributed by atoms with Crippen LogP contribution in [0, 0.1) is 5.41 Å². The van der Waals surface area contributed by atoms with E-state index in [1.54, 1.807) is 7.11 Å². The van der Waals surface area contributed by atoms with Gasteiger partial charge in [0.05, 0.1) is 12.0 Å². The number of piperidine rings is 1. The summed E-state index contributed by atoms with van der Waals surface area (Å²) in [6.07, 6.45) is 2.71. The second-order valence-corrected chi connectivity index (χ2v) is 5.82. The van der Waals surface area contributed by atoms with Crippen molar-refractivity contribution < 1.29 is 9.53 Å². The number of benzene rings is 1. The monoisotopic (exact) mass is 290 g/mol. The summed E-state index contributed by atoms with van der Waals surface area (Å²) in [5.41, 5.74) is 2.09. The van der Waals surface area contributed by atoms with Gasteiger partial charge in [0.15, 0.2) is 0 Å². The minimum Gasteiger partial charge on any atom is -0.384 e. The fraction of sp³-hybridized carbons (Fsp3) is 0.588. The van der Waals surface area contributed by atoms with Crippen LogP contribution in [0.2, 0.25) is 0 Å². The first kappa shape index (κ1) is 16.0. The van der Waals surface area contributed by atoms with Crippen molar-refractivity contribution in [2.45, 2.75) is 32.7 Å². The van der Waals surface area contributed by atoms with E-state index in [0.717, 1.165) is 37.9 Å². The van der Waals surface area contributed by atoms with E-state index in [2.05, 4.69) is 41.8 Å². The number of rotatable bonds is 6. The number of ether oxygens (including phenoxy) is 1. The fourth-order valence-corrected chi connectivity index (χ4v) is 2.88. The second kappa shape index (κ2) is 7.57. The van der Waals surface area contributed by atoms with Gasteiger partial charge in [0.1, 0.15) is 0 Å². The van der Waals surface area contributed by atoms with Gasteiger partial charge in [-0.3, -0.25) is 4.79 Å². The van der Waals surface area contributed by atoms with Crippen LogP contribution in [0.5, 0.6) is 0 Å². The highest BCUT2D eigenvalue weighted by Gasteiger charge is 2.39. The molecule has 0 aromatic heterocycles. The van der Waals surface area contributed by atoms with Crippen molar-refractivity contribution in [1.82, 2.24) is 10.6 Å². The molecule has 1 aliphatic rings. The number of carbonyl (C=O) groups excluding carboxylic acids is 1. The average molecular weight is 290 g/mol. The number of methoxy groups -OCH3 is 1. The Bertz CT molecular complexity index is 445. The topological polar surface area (TPSA) is 50.4 Å². The van der Waals surface area contributed by atoms with Crippen LogP contribution in [0.4, 0.5) is 0 Å². The highest BCUT2D eigenvalue weighted by atomic mass is 16.5. The van der Waals surface area contributed by atoms with Crippen molar-refractivity contribution in [2.75, 3.05) is 26.8 Å². The molecule has 1 aromatic rings. The van der Waals surface area contributed by atoms with Crippen molar-refractivity contribution in [3.8, 4) is 0 Å². The van der Waals surface area contributed by atoms with E-state index in [9.17, 15) is 4.79 Å². The van der Waals surface area contributed by atoms with Gasteiger partial charge in [-0.25, -0.2) is 0 Å². The van der Waals surface area contributed by atoms with Gasteiger partial charge in [0.2, 0.25) is 5.91 Å². The maximum atomic E-state index is 12.6. The molecule has 1 heterocycles. The van der Waals surface area contributed by atoms with Crippen molar-refractivity contribution in [3.05, 3.63) is 35.4 Å². The highest BCUT2D eigenvalue weighted by molar-refractivity contribution is 5.83. The summed E-state index contributed by atoms with van der Waals surface area (Å²) in [6, 6.07) is 8.42. The van der Waals surface area contributed by atoms with Gasteiger partial charge in [0.25, 0.3) is 0 Å². The number of hydrogen-bond acceptors (Lipinski definition) is 3. The van der Waals surface area contributed by atoms with Crippen molar-refractivity contribution in [2.24, 2.45) is 5.41 Å². The zero-order valence-electron chi connectivity index (χ0n) is 13.1. The molecule has 1 aromatic carbocycles. The minimum absolute atomic E-state index is 0.116. The van der Waals surface area contributed by atoms with E-state index in [-0.39, 0.29) is 11.3 Å². The molecule has 1 aliphatic heterocycles. The summed E-state index contributed by atoms with van der Waals surface area (Å²) in [4.78, 5) is 12.6. The first-order valence-corrected chi connectivity index (χ1v) is 7.76. The lowest BCUT2D eigenvalue weighted by molar-refractivity contribution is -0.136.